The van der Waals surface area contributed by atoms with Gasteiger partial charge in [-0.3, -0.25) is 4.90 Å². The number of hydrogen-bond acceptors (Lipinski definition) is 6. The van der Waals surface area contributed by atoms with Crippen molar-refractivity contribution in [2.24, 2.45) is 0 Å². The average Bonchev–Trinajstić information content (AvgIpc) is 3.25. The van der Waals surface area contributed by atoms with E-state index >= 15 is 0 Å². The Balaban J connectivity index is 1.26. The molecule has 0 saturated carbocycles. The number of nitrogens with zero attached hydrogens (tertiary/aromatic N) is 3. The first kappa shape index (κ1) is 26.6. The molecule has 8 heteroatoms. The second kappa shape index (κ2) is 12.7. The van der Waals surface area contributed by atoms with E-state index in [4.69, 9.17) is 14.2 Å². The lowest BCUT2D eigenvalue weighted by Crippen LogP contribution is -2.50. The third-order valence-electron chi connectivity index (χ3n) is 7.14. The summed E-state index contributed by atoms with van der Waals surface area (Å²) in [6.07, 6.45) is 0.496. The molecule has 2 unspecified atom stereocenters. The Hall–Kier alpha value is -4.04. The number of benzene rings is 3. The van der Waals surface area contributed by atoms with Crippen molar-refractivity contribution >= 4 is 12.2 Å². The molecule has 3 aromatic rings. The van der Waals surface area contributed by atoms with E-state index in [2.05, 4.69) is 17.0 Å². The fourth-order valence-corrected chi connectivity index (χ4v) is 5.27. The van der Waals surface area contributed by atoms with Gasteiger partial charge in [-0.1, -0.05) is 72.8 Å². The molecule has 0 N–H and O–H groups in total. The summed E-state index contributed by atoms with van der Waals surface area (Å²) in [6, 6.07) is 26.9. The molecule has 0 radical (unpaired) electrons. The van der Waals surface area contributed by atoms with Crippen LogP contribution >= 0.6 is 0 Å². The first-order valence-electron chi connectivity index (χ1n) is 13.5. The number of likely N-dealkylation sites (tertiary alicyclic amines) is 1. The molecule has 2 heterocycles. The minimum atomic E-state index is -0.531. The molecule has 2 aliphatic heterocycles. The van der Waals surface area contributed by atoms with Crippen LogP contribution in [0.2, 0.25) is 0 Å². The highest BCUT2D eigenvalue weighted by molar-refractivity contribution is 5.76. The number of fused-ring (bicyclic) bond motifs is 2. The van der Waals surface area contributed by atoms with Gasteiger partial charge in [0.15, 0.2) is 0 Å². The van der Waals surface area contributed by atoms with Crippen molar-refractivity contribution in [3.63, 3.8) is 0 Å². The topological polar surface area (TPSA) is 71.6 Å². The van der Waals surface area contributed by atoms with Crippen LogP contribution in [0.4, 0.5) is 9.59 Å². The smallest absolute Gasteiger partial charge is 0.429 e. The fourth-order valence-electron chi connectivity index (χ4n) is 5.27. The third kappa shape index (κ3) is 6.70. The predicted octanol–water partition coefficient (Wildman–Crippen LogP) is 5.28. The van der Waals surface area contributed by atoms with Crippen LogP contribution in [0.1, 0.15) is 30.0 Å². The van der Waals surface area contributed by atoms with Gasteiger partial charge in [0.25, 0.3) is 0 Å². The molecular weight excluding hydrogens is 494 g/mol. The number of carbonyl (C=O) groups excluding carboxylic acids is 2. The van der Waals surface area contributed by atoms with Crippen LogP contribution in [0.3, 0.4) is 0 Å². The van der Waals surface area contributed by atoms with E-state index in [-0.39, 0.29) is 25.3 Å². The number of ether oxygens (including phenoxy) is 3. The van der Waals surface area contributed by atoms with Gasteiger partial charge < -0.3 is 14.2 Å². The maximum atomic E-state index is 13.3. The van der Waals surface area contributed by atoms with Crippen LogP contribution in [0.5, 0.6) is 5.75 Å². The van der Waals surface area contributed by atoms with E-state index in [1.54, 1.807) is 0 Å². The molecule has 3 aromatic carbocycles. The minimum Gasteiger partial charge on any atom is -0.494 e. The van der Waals surface area contributed by atoms with Crippen LogP contribution in [-0.2, 0) is 29.1 Å². The number of carbonyl (C=O) groups is 2. The Labute approximate surface area is 229 Å². The molecule has 204 valence electrons. The molecule has 2 bridgehead atoms. The number of amides is 2. The van der Waals surface area contributed by atoms with Gasteiger partial charge in [-0.25, -0.2) is 19.6 Å². The number of rotatable bonds is 9. The van der Waals surface area contributed by atoms with Crippen LogP contribution in [0.25, 0.3) is 0 Å². The highest BCUT2D eigenvalue weighted by atomic mass is 16.6. The quantitative estimate of drug-likeness (QED) is 0.376. The summed E-state index contributed by atoms with van der Waals surface area (Å²) >= 11 is 0. The minimum absolute atomic E-state index is 0.141. The second-order valence-electron chi connectivity index (χ2n) is 9.90. The van der Waals surface area contributed by atoms with Gasteiger partial charge in [0.05, 0.1) is 18.7 Å². The Bertz CT molecular complexity index is 1150. The standard InChI is InChI=1S/C31H35N3O5/c1-2-37-29-15-13-24(14-16-29)17-18-32-20-27-19-28(21-32)34(31(36)39-23-26-11-7-4-8-12-26)33(27)30(35)38-22-25-9-5-3-6-10-25/h3-16,27-28H,2,17-23H2,1H3. The summed E-state index contributed by atoms with van der Waals surface area (Å²) in [5, 5.41) is 2.97. The summed E-state index contributed by atoms with van der Waals surface area (Å²) in [6.45, 7) is 5.04. The summed E-state index contributed by atoms with van der Waals surface area (Å²) < 4.78 is 16.9. The predicted molar refractivity (Wildman–Crippen MR) is 147 cm³/mol. The molecule has 2 amide bonds. The maximum Gasteiger partial charge on any atom is 0.429 e. The molecule has 0 aliphatic carbocycles. The molecule has 0 aromatic heterocycles. The van der Waals surface area contributed by atoms with Gasteiger partial charge in [0, 0.05) is 19.6 Å². The SMILES string of the molecule is CCOc1ccc(CCN2CC3CC(C2)N(C(=O)OCc2ccccc2)N3C(=O)OCc2ccccc2)cc1. The Morgan fingerprint density at radius 2 is 1.23 bits per heavy atom. The summed E-state index contributed by atoms with van der Waals surface area (Å²) in [5.74, 6) is 0.867. The van der Waals surface area contributed by atoms with Gasteiger partial charge in [-0.2, -0.15) is 0 Å². The molecule has 2 saturated heterocycles. The zero-order chi connectivity index (χ0) is 27.0. The summed E-state index contributed by atoms with van der Waals surface area (Å²) in [7, 11) is 0. The average molecular weight is 530 g/mol. The highest BCUT2D eigenvalue weighted by Crippen LogP contribution is 2.32. The molecule has 2 fully saturated rings. The molecule has 2 atom stereocenters. The van der Waals surface area contributed by atoms with Gasteiger partial charge >= 0.3 is 12.2 Å². The highest BCUT2D eigenvalue weighted by Gasteiger charge is 2.50. The summed E-state index contributed by atoms with van der Waals surface area (Å²) in [4.78, 5) is 29.0. The van der Waals surface area contributed by atoms with Crippen molar-refractivity contribution < 1.29 is 23.8 Å². The van der Waals surface area contributed by atoms with E-state index < -0.39 is 12.2 Å². The normalized spacial score (nSPS) is 18.6. The fraction of sp³-hybridized carbons (Fsp3) is 0.355. The van der Waals surface area contributed by atoms with Crippen LogP contribution in [-0.4, -0.2) is 65.4 Å². The number of hydrazine groups is 1. The van der Waals surface area contributed by atoms with Gasteiger partial charge in [0.1, 0.15) is 19.0 Å². The van der Waals surface area contributed by atoms with E-state index in [0.29, 0.717) is 26.1 Å². The maximum absolute atomic E-state index is 13.3. The largest absolute Gasteiger partial charge is 0.494 e. The Kier molecular flexibility index (Phi) is 8.63. The lowest BCUT2D eigenvalue weighted by Gasteiger charge is -2.30. The van der Waals surface area contributed by atoms with Crippen LogP contribution < -0.4 is 4.74 Å². The zero-order valence-electron chi connectivity index (χ0n) is 22.3. The molecule has 8 nitrogen and oxygen atoms in total. The van der Waals surface area contributed by atoms with Gasteiger partial charge in [0.2, 0.25) is 0 Å². The van der Waals surface area contributed by atoms with E-state index in [1.807, 2.05) is 79.7 Å². The van der Waals surface area contributed by atoms with Crippen LogP contribution in [0, 0.1) is 0 Å². The molecule has 5 rings (SSSR count). The molecular formula is C31H35N3O5. The zero-order valence-corrected chi connectivity index (χ0v) is 22.3. The van der Waals surface area contributed by atoms with Crippen molar-refractivity contribution in [2.45, 2.75) is 45.1 Å². The van der Waals surface area contributed by atoms with Crippen molar-refractivity contribution in [2.75, 3.05) is 26.2 Å². The first-order chi connectivity index (χ1) is 19.1. The second-order valence-corrected chi connectivity index (χ2v) is 9.90. The molecule has 39 heavy (non-hydrogen) atoms. The van der Waals surface area contributed by atoms with Gasteiger partial charge in [-0.15, -0.1) is 0 Å². The first-order valence-corrected chi connectivity index (χ1v) is 13.5. The van der Waals surface area contributed by atoms with E-state index in [1.165, 1.54) is 15.6 Å². The van der Waals surface area contributed by atoms with Crippen molar-refractivity contribution in [3.05, 3.63) is 102 Å². The monoisotopic (exact) mass is 529 g/mol. The molecule has 2 aliphatic rings. The van der Waals surface area contributed by atoms with Crippen molar-refractivity contribution in [3.8, 4) is 5.75 Å². The van der Waals surface area contributed by atoms with Crippen LogP contribution in [0.15, 0.2) is 84.9 Å². The third-order valence-corrected chi connectivity index (χ3v) is 7.14. The van der Waals surface area contributed by atoms with E-state index in [9.17, 15) is 9.59 Å². The van der Waals surface area contributed by atoms with Crippen molar-refractivity contribution in [1.82, 2.24) is 14.9 Å². The Morgan fingerprint density at radius 3 is 1.72 bits per heavy atom. The molecule has 0 spiro atoms. The van der Waals surface area contributed by atoms with E-state index in [0.717, 1.165) is 29.8 Å². The Morgan fingerprint density at radius 1 is 0.718 bits per heavy atom. The van der Waals surface area contributed by atoms with Gasteiger partial charge in [-0.05, 0) is 48.6 Å². The summed E-state index contributed by atoms with van der Waals surface area (Å²) in [5.41, 5.74) is 3.00. The number of piperidine rings is 1. The number of hydrogen-bond donors (Lipinski definition) is 0. The lowest BCUT2D eigenvalue weighted by molar-refractivity contribution is -0.0199. The lowest BCUT2D eigenvalue weighted by atomic mass is 10.0. The van der Waals surface area contributed by atoms with Crippen molar-refractivity contribution in [1.29, 1.82) is 0 Å².